The third kappa shape index (κ3) is 8.69. The lowest BCUT2D eigenvalue weighted by molar-refractivity contribution is -0.219. The molecule has 0 spiro atoms. The minimum absolute atomic E-state index is 0.130. The lowest BCUT2D eigenvalue weighted by Gasteiger charge is -2.40. The van der Waals surface area contributed by atoms with Crippen LogP contribution in [-0.4, -0.2) is 56.3 Å². The molecular weight excluding hydrogens is 690 g/mol. The van der Waals surface area contributed by atoms with Crippen molar-refractivity contribution in [2.45, 2.75) is 76.5 Å². The van der Waals surface area contributed by atoms with Crippen LogP contribution in [0, 0.1) is 6.92 Å². The van der Waals surface area contributed by atoms with E-state index >= 15 is 0 Å². The molecule has 53 heavy (non-hydrogen) atoms. The molecule has 6 atom stereocenters. The average molecular weight is 734 g/mol. The maximum absolute atomic E-state index is 13.0. The fourth-order valence-electron chi connectivity index (χ4n) is 6.93. The van der Waals surface area contributed by atoms with Crippen LogP contribution in [0.2, 0.25) is 5.15 Å². The normalized spacial score (nSPS) is 23.2. The molecule has 0 radical (unpaired) electrons. The Balaban J connectivity index is 1.34. The number of nitrogens with zero attached hydrogens (tertiary/aromatic N) is 3. The van der Waals surface area contributed by atoms with Crippen molar-refractivity contribution in [1.29, 1.82) is 0 Å². The van der Waals surface area contributed by atoms with Crippen LogP contribution in [0.4, 0.5) is 0 Å². The predicted octanol–water partition coefficient (Wildman–Crippen LogP) is 8.01. The molecule has 1 saturated heterocycles. The number of hydrogen-bond donors (Lipinski definition) is 1. The Labute approximate surface area is 315 Å². The highest BCUT2D eigenvalue weighted by Crippen LogP contribution is 2.42. The Morgan fingerprint density at radius 1 is 0.698 bits per heavy atom. The van der Waals surface area contributed by atoms with Crippen molar-refractivity contribution < 1.29 is 28.8 Å². The van der Waals surface area contributed by atoms with Crippen LogP contribution in [0.5, 0.6) is 0 Å². The van der Waals surface area contributed by atoms with E-state index in [9.17, 15) is 5.11 Å². The van der Waals surface area contributed by atoms with Gasteiger partial charge in [0.05, 0.1) is 38.4 Å². The van der Waals surface area contributed by atoms with Crippen molar-refractivity contribution in [2.75, 3.05) is 6.61 Å². The zero-order chi connectivity index (χ0) is 36.6. The van der Waals surface area contributed by atoms with E-state index in [1.54, 1.807) is 6.92 Å². The first-order valence-corrected chi connectivity index (χ1v) is 18.2. The summed E-state index contributed by atoms with van der Waals surface area (Å²) >= 11 is 6.61. The summed E-state index contributed by atoms with van der Waals surface area (Å²) in [5.41, 5.74) is 3.54. The van der Waals surface area contributed by atoms with Gasteiger partial charge in [-0.1, -0.05) is 133 Å². The van der Waals surface area contributed by atoms with Crippen LogP contribution in [0.1, 0.15) is 41.0 Å². The van der Waals surface area contributed by atoms with E-state index in [2.05, 4.69) is 9.97 Å². The summed E-state index contributed by atoms with van der Waals surface area (Å²) in [5.74, 6) is 0. The summed E-state index contributed by atoms with van der Waals surface area (Å²) in [6.07, 6.45) is -1.03. The molecule has 0 bridgehead atoms. The van der Waals surface area contributed by atoms with Crippen molar-refractivity contribution in [1.82, 2.24) is 14.5 Å². The maximum atomic E-state index is 13.0. The zero-order valence-electron chi connectivity index (χ0n) is 29.8. The van der Waals surface area contributed by atoms with E-state index < -0.39 is 36.2 Å². The second-order valence-electron chi connectivity index (χ2n) is 13.6. The second-order valence-corrected chi connectivity index (χ2v) is 13.9. The van der Waals surface area contributed by atoms with Gasteiger partial charge in [0, 0.05) is 6.20 Å². The number of halogens is 1. The van der Waals surface area contributed by atoms with Crippen LogP contribution < -0.4 is 0 Å². The highest BCUT2D eigenvalue weighted by atomic mass is 35.5. The Hall–Kier alpha value is -4.45. The van der Waals surface area contributed by atoms with Gasteiger partial charge in [0.15, 0.2) is 6.23 Å². The zero-order valence-corrected chi connectivity index (χ0v) is 30.6. The lowest BCUT2D eigenvalue weighted by atomic mass is 9.89. The molecule has 1 aliphatic heterocycles. The van der Waals surface area contributed by atoms with Gasteiger partial charge in [0.2, 0.25) is 0 Å². The standard InChI is InChI=1S/C43H44ClN3O6/c1-30-23-47(41-36(30)40(44)45-29-46-41)42-43(2,48)39(52-27-34-21-13-6-14-22-34)38(51-26-33-19-11-5-12-20-33)37(50-25-32-17-9-4-10-18-32)35(53-42)28-49-24-31-15-7-3-8-16-31/h3-23,29,35,37-39,42,48H,24-28H2,1-2H3/t35-,37-,38+,39-,42-,43-/m1/s1. The first-order valence-electron chi connectivity index (χ1n) is 17.8. The van der Waals surface area contributed by atoms with Gasteiger partial charge in [-0.2, -0.15) is 0 Å². The summed E-state index contributed by atoms with van der Waals surface area (Å²) in [7, 11) is 0. The number of benzene rings is 4. The quantitative estimate of drug-likeness (QED) is 0.113. The van der Waals surface area contributed by atoms with Crippen LogP contribution in [0.3, 0.4) is 0 Å². The van der Waals surface area contributed by atoms with E-state index in [0.29, 0.717) is 22.8 Å². The van der Waals surface area contributed by atoms with Gasteiger partial charge in [-0.25, -0.2) is 9.97 Å². The molecule has 3 heterocycles. The van der Waals surface area contributed by atoms with Gasteiger partial charge in [0.1, 0.15) is 47.1 Å². The average Bonchev–Trinajstić information content (AvgIpc) is 3.49. The van der Waals surface area contributed by atoms with Gasteiger partial charge in [-0.15, -0.1) is 0 Å². The number of aryl methyl sites for hydroxylation is 1. The number of fused-ring (bicyclic) bond motifs is 1. The molecule has 10 heteroatoms. The topological polar surface area (TPSA) is 97.1 Å². The van der Waals surface area contributed by atoms with E-state index in [1.165, 1.54) is 6.33 Å². The molecule has 274 valence electrons. The van der Waals surface area contributed by atoms with E-state index in [0.717, 1.165) is 27.8 Å². The number of aliphatic hydroxyl groups is 1. The predicted molar refractivity (Wildman–Crippen MR) is 203 cm³/mol. The molecule has 9 nitrogen and oxygen atoms in total. The van der Waals surface area contributed by atoms with Gasteiger partial charge < -0.3 is 33.4 Å². The lowest BCUT2D eigenvalue weighted by Crippen LogP contribution is -2.56. The minimum Gasteiger partial charge on any atom is -0.383 e. The fourth-order valence-corrected chi connectivity index (χ4v) is 7.21. The smallest absolute Gasteiger partial charge is 0.167 e. The summed E-state index contributed by atoms with van der Waals surface area (Å²) in [6.45, 7) is 4.85. The van der Waals surface area contributed by atoms with Gasteiger partial charge >= 0.3 is 0 Å². The first kappa shape index (κ1) is 36.9. The molecule has 0 unspecified atom stereocenters. The third-order valence-electron chi connectivity index (χ3n) is 9.61. The molecule has 7 rings (SSSR count). The van der Waals surface area contributed by atoms with E-state index in [1.807, 2.05) is 139 Å². The van der Waals surface area contributed by atoms with Crippen molar-refractivity contribution in [3.63, 3.8) is 0 Å². The first-order chi connectivity index (χ1) is 25.9. The van der Waals surface area contributed by atoms with Crippen LogP contribution in [0.25, 0.3) is 11.0 Å². The third-order valence-corrected chi connectivity index (χ3v) is 9.90. The molecule has 0 saturated carbocycles. The SMILES string of the molecule is Cc1cn([C@@H]2O[C@H](COCc3ccccc3)[C@@H](OCc3ccccc3)[C@H](OCc3ccccc3)[C@@H](OCc3ccccc3)[C@@]2(C)O)c2ncnc(Cl)c12. The highest BCUT2D eigenvalue weighted by molar-refractivity contribution is 6.34. The molecule has 0 aliphatic carbocycles. The number of rotatable bonds is 14. The number of aromatic nitrogens is 3. The van der Waals surface area contributed by atoms with E-state index in [-0.39, 0.29) is 26.4 Å². The number of hydrogen-bond acceptors (Lipinski definition) is 8. The van der Waals surface area contributed by atoms with Crippen molar-refractivity contribution in [3.8, 4) is 0 Å². The van der Waals surface area contributed by atoms with Crippen LogP contribution in [-0.2, 0) is 50.1 Å². The minimum atomic E-state index is -1.71. The molecule has 0 amide bonds. The Bertz CT molecular complexity index is 2030. The second kappa shape index (κ2) is 17.1. The van der Waals surface area contributed by atoms with Crippen molar-refractivity contribution in [3.05, 3.63) is 167 Å². The highest BCUT2D eigenvalue weighted by Gasteiger charge is 2.56. The van der Waals surface area contributed by atoms with Gasteiger partial charge in [-0.3, -0.25) is 0 Å². The molecule has 6 aromatic rings. The summed E-state index contributed by atoms with van der Waals surface area (Å²) in [4.78, 5) is 8.84. The molecule has 4 aromatic carbocycles. The number of ether oxygens (including phenoxy) is 5. The Morgan fingerprint density at radius 2 is 1.19 bits per heavy atom. The Morgan fingerprint density at radius 3 is 1.74 bits per heavy atom. The fraction of sp³-hybridized carbons (Fsp3) is 0.302. The van der Waals surface area contributed by atoms with Crippen molar-refractivity contribution >= 4 is 22.6 Å². The van der Waals surface area contributed by atoms with Crippen LogP contribution >= 0.6 is 11.6 Å². The van der Waals surface area contributed by atoms with Gasteiger partial charge in [-0.05, 0) is 41.7 Å². The monoisotopic (exact) mass is 733 g/mol. The molecule has 1 N–H and O–H groups in total. The largest absolute Gasteiger partial charge is 0.383 e. The van der Waals surface area contributed by atoms with Crippen LogP contribution in [0.15, 0.2) is 134 Å². The molecule has 2 aromatic heterocycles. The molecule has 1 fully saturated rings. The molecular formula is C43H44ClN3O6. The molecule has 1 aliphatic rings. The Kier molecular flexibility index (Phi) is 11.9. The summed E-state index contributed by atoms with van der Waals surface area (Å²) in [5, 5.41) is 14.0. The van der Waals surface area contributed by atoms with E-state index in [4.69, 9.17) is 35.3 Å². The van der Waals surface area contributed by atoms with Crippen molar-refractivity contribution in [2.24, 2.45) is 0 Å². The summed E-state index contributed by atoms with van der Waals surface area (Å²) < 4.78 is 35.8. The summed E-state index contributed by atoms with van der Waals surface area (Å²) in [6, 6.07) is 39.7. The maximum Gasteiger partial charge on any atom is 0.167 e. The van der Waals surface area contributed by atoms with Gasteiger partial charge in [0.25, 0.3) is 0 Å².